The monoisotopic (exact) mass is 297 g/mol. The van der Waals surface area contributed by atoms with E-state index in [1.54, 1.807) is 18.2 Å². The second-order valence-electron chi connectivity index (χ2n) is 5.14. The van der Waals surface area contributed by atoms with E-state index in [4.69, 9.17) is 10.3 Å². The van der Waals surface area contributed by atoms with E-state index in [-0.39, 0.29) is 18.2 Å². The average Bonchev–Trinajstić information content (AvgIpc) is 3.02. The van der Waals surface area contributed by atoms with E-state index in [0.717, 1.165) is 25.7 Å². The maximum atomic E-state index is 13.5. The molecule has 0 aliphatic heterocycles. The Kier molecular flexibility index (Phi) is 4.40. The van der Waals surface area contributed by atoms with Gasteiger partial charge in [-0.2, -0.15) is 4.98 Å². The summed E-state index contributed by atoms with van der Waals surface area (Å²) >= 11 is 0. The number of hydrogen-bond donors (Lipinski definition) is 1. The lowest BCUT2D eigenvalue weighted by atomic mass is 9.99. The maximum absolute atomic E-state index is 13.5. The standard InChI is InChI=1S/C14H16FN3O.ClH/c15-11-6-2-1-5-10(11)9-12-17-13(18-19-12)14(16)7-3-4-8-14;/h1-2,5-6H,3-4,7-9,16H2;1H. The molecule has 0 spiro atoms. The molecule has 1 aromatic carbocycles. The second-order valence-corrected chi connectivity index (χ2v) is 5.14. The van der Waals surface area contributed by atoms with Gasteiger partial charge in [-0.15, -0.1) is 12.4 Å². The van der Waals surface area contributed by atoms with Crippen molar-refractivity contribution in [3.8, 4) is 0 Å². The van der Waals surface area contributed by atoms with E-state index in [1.807, 2.05) is 0 Å². The Morgan fingerprint density at radius 1 is 1.25 bits per heavy atom. The number of aromatic nitrogens is 2. The smallest absolute Gasteiger partial charge is 0.231 e. The molecular weight excluding hydrogens is 281 g/mol. The van der Waals surface area contributed by atoms with Gasteiger partial charge in [0.2, 0.25) is 5.89 Å². The summed E-state index contributed by atoms with van der Waals surface area (Å²) in [5.41, 5.74) is 6.35. The first-order chi connectivity index (χ1) is 9.17. The van der Waals surface area contributed by atoms with Gasteiger partial charge in [0.15, 0.2) is 5.82 Å². The first-order valence-electron chi connectivity index (χ1n) is 6.53. The molecule has 1 aromatic heterocycles. The molecule has 0 unspecified atom stereocenters. The lowest BCUT2D eigenvalue weighted by Crippen LogP contribution is -2.34. The molecule has 1 saturated carbocycles. The summed E-state index contributed by atoms with van der Waals surface area (Å²) in [6, 6.07) is 6.59. The molecular formula is C14H17ClFN3O. The van der Waals surface area contributed by atoms with Crippen molar-refractivity contribution < 1.29 is 8.91 Å². The molecule has 1 fully saturated rings. The van der Waals surface area contributed by atoms with Gasteiger partial charge in [0, 0.05) is 0 Å². The summed E-state index contributed by atoms with van der Waals surface area (Å²) < 4.78 is 18.7. The summed E-state index contributed by atoms with van der Waals surface area (Å²) in [6.45, 7) is 0. The van der Waals surface area contributed by atoms with Crippen LogP contribution < -0.4 is 5.73 Å². The van der Waals surface area contributed by atoms with Gasteiger partial charge in [-0.05, 0) is 24.5 Å². The third-order valence-electron chi connectivity index (χ3n) is 3.71. The summed E-state index contributed by atoms with van der Waals surface area (Å²) in [5.74, 6) is 0.707. The zero-order valence-corrected chi connectivity index (χ0v) is 11.8. The fraction of sp³-hybridized carbons (Fsp3) is 0.429. The van der Waals surface area contributed by atoms with Crippen molar-refractivity contribution in [2.75, 3.05) is 0 Å². The summed E-state index contributed by atoms with van der Waals surface area (Å²) in [5, 5.41) is 3.96. The minimum Gasteiger partial charge on any atom is -0.339 e. The van der Waals surface area contributed by atoms with Crippen molar-refractivity contribution in [3.05, 3.63) is 47.4 Å². The van der Waals surface area contributed by atoms with Gasteiger partial charge >= 0.3 is 0 Å². The van der Waals surface area contributed by atoms with Crippen LogP contribution in [0.1, 0.15) is 43.0 Å². The van der Waals surface area contributed by atoms with Crippen molar-refractivity contribution in [1.29, 1.82) is 0 Å². The largest absolute Gasteiger partial charge is 0.339 e. The molecule has 0 atom stereocenters. The average molecular weight is 298 g/mol. The molecule has 20 heavy (non-hydrogen) atoms. The van der Waals surface area contributed by atoms with E-state index in [2.05, 4.69) is 10.1 Å². The molecule has 0 bridgehead atoms. The van der Waals surface area contributed by atoms with Gasteiger partial charge in [0.05, 0.1) is 12.0 Å². The molecule has 0 radical (unpaired) electrons. The van der Waals surface area contributed by atoms with Crippen LogP contribution >= 0.6 is 12.4 Å². The highest BCUT2D eigenvalue weighted by atomic mass is 35.5. The highest BCUT2D eigenvalue weighted by molar-refractivity contribution is 5.85. The minimum absolute atomic E-state index is 0. The zero-order valence-electron chi connectivity index (χ0n) is 11.0. The summed E-state index contributed by atoms with van der Waals surface area (Å²) in [7, 11) is 0. The van der Waals surface area contributed by atoms with E-state index in [0.29, 0.717) is 23.7 Å². The first-order valence-corrected chi connectivity index (χ1v) is 6.53. The Morgan fingerprint density at radius 3 is 2.65 bits per heavy atom. The number of nitrogens with two attached hydrogens (primary N) is 1. The van der Waals surface area contributed by atoms with Crippen LogP contribution in [0.2, 0.25) is 0 Å². The Balaban J connectivity index is 0.00000147. The van der Waals surface area contributed by atoms with E-state index < -0.39 is 5.54 Å². The molecule has 6 heteroatoms. The molecule has 1 aliphatic rings. The molecule has 1 aliphatic carbocycles. The molecule has 108 valence electrons. The van der Waals surface area contributed by atoms with E-state index >= 15 is 0 Å². The highest BCUT2D eigenvalue weighted by Gasteiger charge is 2.35. The van der Waals surface area contributed by atoms with Gasteiger partial charge < -0.3 is 10.3 Å². The number of hydrogen-bond acceptors (Lipinski definition) is 4. The summed E-state index contributed by atoms with van der Waals surface area (Å²) in [6.07, 6.45) is 4.24. The molecule has 0 saturated heterocycles. The van der Waals surface area contributed by atoms with Crippen LogP contribution in [0.4, 0.5) is 4.39 Å². The van der Waals surface area contributed by atoms with Crippen molar-refractivity contribution in [2.45, 2.75) is 37.6 Å². The van der Waals surface area contributed by atoms with Gasteiger partial charge in [-0.25, -0.2) is 4.39 Å². The maximum Gasteiger partial charge on any atom is 0.231 e. The second kappa shape index (κ2) is 5.89. The SMILES string of the molecule is Cl.NC1(c2noc(Cc3ccccc3F)n2)CCCC1. The minimum atomic E-state index is -0.461. The Labute approximate surface area is 123 Å². The van der Waals surface area contributed by atoms with Crippen LogP contribution in [0.15, 0.2) is 28.8 Å². The van der Waals surface area contributed by atoms with Crippen molar-refractivity contribution in [1.82, 2.24) is 10.1 Å². The number of halogens is 2. The van der Waals surface area contributed by atoms with E-state index in [9.17, 15) is 4.39 Å². The van der Waals surface area contributed by atoms with Crippen LogP contribution in [0, 0.1) is 5.82 Å². The van der Waals surface area contributed by atoms with Gasteiger partial charge in [-0.3, -0.25) is 0 Å². The molecule has 2 aromatic rings. The topological polar surface area (TPSA) is 64.9 Å². The van der Waals surface area contributed by atoms with Crippen LogP contribution in [-0.4, -0.2) is 10.1 Å². The summed E-state index contributed by atoms with van der Waals surface area (Å²) in [4.78, 5) is 4.33. The predicted molar refractivity (Wildman–Crippen MR) is 75.1 cm³/mol. The number of benzene rings is 1. The van der Waals surface area contributed by atoms with Crippen molar-refractivity contribution in [3.63, 3.8) is 0 Å². The lowest BCUT2D eigenvalue weighted by molar-refractivity contribution is 0.351. The molecule has 2 N–H and O–H groups in total. The quantitative estimate of drug-likeness (QED) is 0.946. The lowest BCUT2D eigenvalue weighted by Gasteiger charge is -2.17. The van der Waals surface area contributed by atoms with Gasteiger partial charge in [-0.1, -0.05) is 36.2 Å². The van der Waals surface area contributed by atoms with Gasteiger partial charge in [0.25, 0.3) is 0 Å². The highest BCUT2D eigenvalue weighted by Crippen LogP contribution is 2.34. The third-order valence-corrected chi connectivity index (χ3v) is 3.71. The normalized spacial score (nSPS) is 16.9. The fourth-order valence-corrected chi connectivity index (χ4v) is 2.56. The Morgan fingerprint density at radius 2 is 1.95 bits per heavy atom. The van der Waals surface area contributed by atoms with Crippen molar-refractivity contribution in [2.24, 2.45) is 5.73 Å². The van der Waals surface area contributed by atoms with Crippen LogP contribution in [0.25, 0.3) is 0 Å². The van der Waals surface area contributed by atoms with Crippen molar-refractivity contribution >= 4 is 12.4 Å². The van der Waals surface area contributed by atoms with Crippen LogP contribution in [0.3, 0.4) is 0 Å². The Hall–Kier alpha value is -1.46. The fourth-order valence-electron chi connectivity index (χ4n) is 2.56. The Bertz CT molecular complexity index is 581. The molecule has 4 nitrogen and oxygen atoms in total. The number of rotatable bonds is 3. The molecule has 3 rings (SSSR count). The first kappa shape index (κ1) is 14.9. The zero-order chi connectivity index (χ0) is 13.3. The van der Waals surface area contributed by atoms with Crippen LogP contribution in [0.5, 0.6) is 0 Å². The predicted octanol–water partition coefficient (Wildman–Crippen LogP) is 2.95. The van der Waals surface area contributed by atoms with Gasteiger partial charge in [0.1, 0.15) is 5.82 Å². The molecule has 1 heterocycles. The molecule has 0 amide bonds. The third kappa shape index (κ3) is 2.83. The number of nitrogens with zero attached hydrogens (tertiary/aromatic N) is 2. The van der Waals surface area contributed by atoms with Crippen LogP contribution in [-0.2, 0) is 12.0 Å². The van der Waals surface area contributed by atoms with E-state index in [1.165, 1.54) is 6.07 Å².